The van der Waals surface area contributed by atoms with Crippen molar-refractivity contribution in [1.82, 2.24) is 14.7 Å². The second-order valence-corrected chi connectivity index (χ2v) is 10.9. The summed E-state index contributed by atoms with van der Waals surface area (Å²) in [6, 6.07) is 23.9. The van der Waals surface area contributed by atoms with Crippen molar-refractivity contribution < 1.29 is 23.1 Å². The second kappa shape index (κ2) is 12.3. The van der Waals surface area contributed by atoms with Crippen LogP contribution in [0.2, 0.25) is 5.02 Å². The Balaban J connectivity index is 1.06. The van der Waals surface area contributed by atoms with Gasteiger partial charge in [-0.25, -0.2) is 4.39 Å². The number of hydrogen-bond acceptors (Lipinski definition) is 6. The Labute approximate surface area is 243 Å². The number of ether oxygens (including phenoxy) is 2. The molecule has 0 spiro atoms. The zero-order valence-corrected chi connectivity index (χ0v) is 23.4. The summed E-state index contributed by atoms with van der Waals surface area (Å²) in [5.41, 5.74) is 3.10. The van der Waals surface area contributed by atoms with Crippen molar-refractivity contribution in [3.05, 3.63) is 118 Å². The Morgan fingerprint density at radius 3 is 2.37 bits per heavy atom. The summed E-state index contributed by atoms with van der Waals surface area (Å²) < 4.78 is 30.8. The smallest absolute Gasteiger partial charge is 0.289 e. The van der Waals surface area contributed by atoms with Gasteiger partial charge in [-0.2, -0.15) is 0 Å². The minimum Gasteiger partial charge on any atom is -0.455 e. The molecule has 2 aliphatic heterocycles. The lowest BCUT2D eigenvalue weighted by Gasteiger charge is -2.34. The number of carbonyl (C=O) groups excluding carboxylic acids is 1. The van der Waals surface area contributed by atoms with E-state index in [9.17, 15) is 9.18 Å². The van der Waals surface area contributed by atoms with Crippen LogP contribution in [0, 0.1) is 5.82 Å². The molecule has 6 rings (SSSR count). The number of halogens is 2. The van der Waals surface area contributed by atoms with Gasteiger partial charge < -0.3 is 18.8 Å². The molecule has 4 aromatic rings. The number of nitrogens with zero attached hydrogens (tertiary/aromatic N) is 3. The summed E-state index contributed by atoms with van der Waals surface area (Å²) in [6.07, 6.45) is 0. The molecule has 3 aromatic carbocycles. The van der Waals surface area contributed by atoms with Crippen molar-refractivity contribution in [2.24, 2.45) is 0 Å². The first-order chi connectivity index (χ1) is 20.0. The van der Waals surface area contributed by atoms with Gasteiger partial charge in [0, 0.05) is 50.8 Å². The monoisotopic (exact) mass is 575 g/mol. The fourth-order valence-electron chi connectivity index (χ4n) is 5.27. The van der Waals surface area contributed by atoms with Gasteiger partial charge in [-0.15, -0.1) is 0 Å². The van der Waals surface area contributed by atoms with Crippen LogP contribution in [-0.4, -0.2) is 53.6 Å². The molecule has 0 radical (unpaired) electrons. The summed E-state index contributed by atoms with van der Waals surface area (Å²) in [5, 5.41) is 0.674. The molecule has 7 nitrogen and oxygen atoms in total. The van der Waals surface area contributed by atoms with Crippen molar-refractivity contribution in [2.45, 2.75) is 26.2 Å². The van der Waals surface area contributed by atoms with Gasteiger partial charge in [-0.1, -0.05) is 41.9 Å². The van der Waals surface area contributed by atoms with Crippen molar-refractivity contribution in [2.75, 3.05) is 33.0 Å². The normalized spacial score (nSPS) is 15.0. The van der Waals surface area contributed by atoms with Crippen LogP contribution in [-0.2, 0) is 26.2 Å². The number of hydrogen-bond donors (Lipinski definition) is 0. The fourth-order valence-corrected chi connectivity index (χ4v) is 5.40. The molecule has 0 atom stereocenters. The molecular formula is C32H31ClFN3O4. The van der Waals surface area contributed by atoms with E-state index >= 15 is 0 Å². The summed E-state index contributed by atoms with van der Waals surface area (Å²) in [5.74, 6) is 2.21. The Morgan fingerprint density at radius 1 is 0.805 bits per heavy atom. The fraction of sp³-hybridized carbons (Fsp3) is 0.281. The van der Waals surface area contributed by atoms with Crippen LogP contribution in [0.5, 0.6) is 11.5 Å². The molecule has 1 fully saturated rings. The van der Waals surface area contributed by atoms with E-state index in [2.05, 4.69) is 15.9 Å². The molecule has 1 saturated heterocycles. The van der Waals surface area contributed by atoms with E-state index in [-0.39, 0.29) is 18.5 Å². The van der Waals surface area contributed by atoms with Crippen LogP contribution in [0.4, 0.5) is 4.39 Å². The number of furan rings is 1. The molecule has 1 aromatic heterocycles. The lowest BCUT2D eigenvalue weighted by Crippen LogP contribution is -2.48. The third-order valence-electron chi connectivity index (χ3n) is 7.37. The van der Waals surface area contributed by atoms with Crippen molar-refractivity contribution >= 4 is 17.5 Å². The third-order valence-corrected chi connectivity index (χ3v) is 7.62. The summed E-state index contributed by atoms with van der Waals surface area (Å²) >= 11 is 6.07. The largest absolute Gasteiger partial charge is 0.455 e. The second-order valence-electron chi connectivity index (χ2n) is 10.4. The highest BCUT2D eigenvalue weighted by atomic mass is 35.5. The maximum absolute atomic E-state index is 13.9. The molecule has 0 N–H and O–H groups in total. The van der Waals surface area contributed by atoms with Crippen LogP contribution in [0.1, 0.15) is 33.0 Å². The molecule has 3 heterocycles. The Kier molecular flexibility index (Phi) is 8.23. The highest BCUT2D eigenvalue weighted by Gasteiger charge is 2.25. The van der Waals surface area contributed by atoms with E-state index in [0.29, 0.717) is 49.3 Å². The van der Waals surface area contributed by atoms with Crippen molar-refractivity contribution in [1.29, 1.82) is 0 Å². The number of piperazine rings is 1. The first kappa shape index (κ1) is 27.3. The summed E-state index contributed by atoms with van der Waals surface area (Å²) in [7, 11) is 0. The summed E-state index contributed by atoms with van der Waals surface area (Å²) in [4.78, 5) is 19.6. The molecule has 41 heavy (non-hydrogen) atoms. The van der Waals surface area contributed by atoms with Crippen LogP contribution < -0.4 is 9.47 Å². The molecular weight excluding hydrogens is 545 g/mol. The molecule has 0 unspecified atom stereocenters. The van der Waals surface area contributed by atoms with Gasteiger partial charge in [0.25, 0.3) is 5.91 Å². The maximum atomic E-state index is 13.9. The van der Waals surface area contributed by atoms with Gasteiger partial charge >= 0.3 is 0 Å². The zero-order chi connectivity index (χ0) is 28.2. The highest BCUT2D eigenvalue weighted by Crippen LogP contribution is 2.33. The van der Waals surface area contributed by atoms with Crippen molar-refractivity contribution in [3.8, 4) is 11.5 Å². The van der Waals surface area contributed by atoms with Gasteiger partial charge in [0.15, 0.2) is 17.3 Å². The van der Waals surface area contributed by atoms with E-state index in [4.69, 9.17) is 25.5 Å². The first-order valence-corrected chi connectivity index (χ1v) is 14.1. The Morgan fingerprint density at radius 2 is 1.56 bits per heavy atom. The molecule has 2 aliphatic rings. The molecule has 212 valence electrons. The molecule has 9 heteroatoms. The predicted octanol–water partition coefficient (Wildman–Crippen LogP) is 5.96. The van der Waals surface area contributed by atoms with Gasteiger partial charge in [0.2, 0.25) is 6.79 Å². The van der Waals surface area contributed by atoms with E-state index < -0.39 is 0 Å². The van der Waals surface area contributed by atoms with E-state index in [1.807, 2.05) is 53.4 Å². The predicted molar refractivity (Wildman–Crippen MR) is 153 cm³/mol. The van der Waals surface area contributed by atoms with E-state index in [1.54, 1.807) is 12.1 Å². The number of rotatable bonds is 9. The topological polar surface area (TPSA) is 58.4 Å². The van der Waals surface area contributed by atoms with Gasteiger partial charge in [0.1, 0.15) is 11.6 Å². The quantitative estimate of drug-likeness (QED) is 0.245. The van der Waals surface area contributed by atoms with Gasteiger partial charge in [-0.3, -0.25) is 14.6 Å². The standard InChI is InChI=1S/C32H31ClFN3O4/c33-26-7-4-23(5-8-26)18-36(20-24-2-1-3-27(34)16-24)21-28-9-11-30(41-28)32(38)37-14-12-35(13-15-37)19-25-6-10-29-31(17-25)40-22-39-29/h1-11,16-17H,12-15,18-22H2. The Bertz CT molecular complexity index is 1500. The Hall–Kier alpha value is -3.85. The van der Waals surface area contributed by atoms with Gasteiger partial charge in [-0.05, 0) is 65.2 Å². The van der Waals surface area contributed by atoms with Crippen molar-refractivity contribution in [3.63, 3.8) is 0 Å². The van der Waals surface area contributed by atoms with Crippen LogP contribution >= 0.6 is 11.6 Å². The number of amides is 1. The minimum absolute atomic E-state index is 0.103. The highest BCUT2D eigenvalue weighted by molar-refractivity contribution is 6.30. The first-order valence-electron chi connectivity index (χ1n) is 13.7. The van der Waals surface area contributed by atoms with Crippen LogP contribution in [0.3, 0.4) is 0 Å². The van der Waals surface area contributed by atoms with Crippen LogP contribution in [0.25, 0.3) is 0 Å². The molecule has 0 saturated carbocycles. The average molecular weight is 576 g/mol. The van der Waals surface area contributed by atoms with Crippen LogP contribution in [0.15, 0.2) is 83.3 Å². The molecule has 1 amide bonds. The third kappa shape index (κ3) is 6.90. The number of fused-ring (bicyclic) bond motifs is 1. The zero-order valence-electron chi connectivity index (χ0n) is 22.6. The lowest BCUT2D eigenvalue weighted by atomic mass is 10.1. The number of benzene rings is 3. The molecule has 0 bridgehead atoms. The van der Waals surface area contributed by atoms with E-state index in [1.165, 1.54) is 12.1 Å². The lowest BCUT2D eigenvalue weighted by molar-refractivity contribution is 0.0594. The average Bonchev–Trinajstić information content (AvgIpc) is 3.64. The SMILES string of the molecule is O=C(c1ccc(CN(Cc2ccc(Cl)cc2)Cc2cccc(F)c2)o1)N1CCN(Cc2ccc3c(c2)OCO3)CC1. The maximum Gasteiger partial charge on any atom is 0.289 e. The number of carbonyl (C=O) groups is 1. The van der Waals surface area contributed by atoms with E-state index in [0.717, 1.165) is 47.8 Å². The minimum atomic E-state index is -0.268. The summed E-state index contributed by atoms with van der Waals surface area (Å²) in [6.45, 7) is 5.46. The molecule has 0 aliphatic carbocycles. The van der Waals surface area contributed by atoms with Gasteiger partial charge in [0.05, 0.1) is 6.54 Å².